The zero-order chi connectivity index (χ0) is 12.1. The van der Waals surface area contributed by atoms with Crippen molar-refractivity contribution in [3.05, 3.63) is 29.8 Å². The van der Waals surface area contributed by atoms with Crippen LogP contribution >= 0.6 is 0 Å². The van der Waals surface area contributed by atoms with E-state index in [0.29, 0.717) is 11.3 Å². The van der Waals surface area contributed by atoms with E-state index < -0.39 is 24.3 Å². The summed E-state index contributed by atoms with van der Waals surface area (Å²) < 4.78 is 5.00. The second kappa shape index (κ2) is 5.16. The quantitative estimate of drug-likeness (QED) is 0.788. The van der Waals surface area contributed by atoms with Crippen molar-refractivity contribution in [1.29, 1.82) is 0 Å². The van der Waals surface area contributed by atoms with Gasteiger partial charge in [-0.3, -0.25) is 9.59 Å². The van der Waals surface area contributed by atoms with E-state index in [1.54, 1.807) is 24.3 Å². The molecule has 2 N–H and O–H groups in total. The van der Waals surface area contributed by atoms with Gasteiger partial charge < -0.3 is 14.9 Å². The number of carboxylic acids is 2. The first kappa shape index (κ1) is 12.0. The van der Waals surface area contributed by atoms with Crippen LogP contribution in [0.25, 0.3) is 0 Å². The molecule has 5 nitrogen and oxygen atoms in total. The fourth-order valence-corrected chi connectivity index (χ4v) is 1.46. The fourth-order valence-electron chi connectivity index (χ4n) is 1.46. The molecule has 0 spiro atoms. The van der Waals surface area contributed by atoms with Crippen molar-refractivity contribution in [1.82, 2.24) is 0 Å². The van der Waals surface area contributed by atoms with E-state index in [4.69, 9.17) is 14.9 Å². The van der Waals surface area contributed by atoms with Crippen LogP contribution in [0.5, 0.6) is 5.75 Å². The molecule has 0 aliphatic rings. The topological polar surface area (TPSA) is 83.8 Å². The minimum Gasteiger partial charge on any atom is -0.496 e. The normalized spacial score (nSPS) is 11.8. The van der Waals surface area contributed by atoms with Crippen molar-refractivity contribution in [2.45, 2.75) is 12.3 Å². The number of hydrogen-bond donors (Lipinski definition) is 2. The molecule has 5 heteroatoms. The van der Waals surface area contributed by atoms with Crippen LogP contribution in [0.3, 0.4) is 0 Å². The molecule has 1 aromatic carbocycles. The monoisotopic (exact) mass is 224 g/mol. The minimum atomic E-state index is -1.17. The number of methoxy groups -OCH3 is 1. The molecule has 0 saturated carbocycles. The van der Waals surface area contributed by atoms with Gasteiger partial charge in [0, 0.05) is 5.56 Å². The minimum absolute atomic E-state index is 0.375. The summed E-state index contributed by atoms with van der Waals surface area (Å²) in [5.74, 6) is -3.03. The molecule has 1 atom stereocenters. The summed E-state index contributed by atoms with van der Waals surface area (Å²) in [6, 6.07) is 6.51. The summed E-state index contributed by atoms with van der Waals surface area (Å²) in [6.45, 7) is 0. The Bertz CT molecular complexity index is 399. The van der Waals surface area contributed by atoms with Crippen LogP contribution in [0.1, 0.15) is 17.9 Å². The maximum atomic E-state index is 11.0. The number of aliphatic carboxylic acids is 2. The summed E-state index contributed by atoms with van der Waals surface area (Å²) in [7, 11) is 1.42. The molecule has 0 saturated heterocycles. The van der Waals surface area contributed by atoms with Crippen LogP contribution in [-0.2, 0) is 9.59 Å². The summed E-state index contributed by atoms with van der Waals surface area (Å²) >= 11 is 0. The van der Waals surface area contributed by atoms with Crippen LogP contribution in [-0.4, -0.2) is 29.3 Å². The van der Waals surface area contributed by atoms with Crippen molar-refractivity contribution < 1.29 is 24.5 Å². The van der Waals surface area contributed by atoms with Gasteiger partial charge in [-0.1, -0.05) is 18.2 Å². The molecular formula is C11H12O5. The molecule has 0 aromatic heterocycles. The van der Waals surface area contributed by atoms with Gasteiger partial charge >= 0.3 is 11.9 Å². The fraction of sp³-hybridized carbons (Fsp3) is 0.273. The van der Waals surface area contributed by atoms with Crippen LogP contribution in [0.4, 0.5) is 0 Å². The lowest BCUT2D eigenvalue weighted by Gasteiger charge is -2.13. The number of benzene rings is 1. The Hall–Kier alpha value is -2.04. The Balaban J connectivity index is 3.10. The molecule has 0 heterocycles. The molecule has 1 aromatic rings. The third kappa shape index (κ3) is 2.73. The van der Waals surface area contributed by atoms with Gasteiger partial charge in [-0.25, -0.2) is 0 Å². The van der Waals surface area contributed by atoms with E-state index in [1.807, 2.05) is 0 Å². The largest absolute Gasteiger partial charge is 0.496 e. The maximum Gasteiger partial charge on any atom is 0.311 e. The highest BCUT2D eigenvalue weighted by atomic mass is 16.5. The van der Waals surface area contributed by atoms with Crippen LogP contribution in [0, 0.1) is 0 Å². The standard InChI is InChI=1S/C11H12O5/c1-16-9-5-3-2-4-7(9)8(11(14)15)6-10(12)13/h2-5,8H,6H2,1H3,(H,12,13)(H,14,15)/t8-/m0/s1. The summed E-state index contributed by atoms with van der Waals surface area (Å²) in [6.07, 6.45) is -0.463. The van der Waals surface area contributed by atoms with E-state index >= 15 is 0 Å². The first-order valence-corrected chi connectivity index (χ1v) is 4.63. The number of rotatable bonds is 5. The second-order valence-corrected chi connectivity index (χ2v) is 3.23. The van der Waals surface area contributed by atoms with Gasteiger partial charge in [0.25, 0.3) is 0 Å². The molecule has 0 fully saturated rings. The predicted molar refractivity (Wildman–Crippen MR) is 55.6 cm³/mol. The molecule has 16 heavy (non-hydrogen) atoms. The lowest BCUT2D eigenvalue weighted by Crippen LogP contribution is -2.16. The van der Waals surface area contributed by atoms with Crippen molar-refractivity contribution in [3.8, 4) is 5.75 Å². The van der Waals surface area contributed by atoms with Crippen molar-refractivity contribution in [3.63, 3.8) is 0 Å². The van der Waals surface area contributed by atoms with Crippen molar-refractivity contribution >= 4 is 11.9 Å². The lowest BCUT2D eigenvalue weighted by molar-refractivity contribution is -0.145. The average molecular weight is 224 g/mol. The van der Waals surface area contributed by atoms with Gasteiger partial charge in [-0.05, 0) is 6.07 Å². The highest BCUT2D eigenvalue weighted by molar-refractivity contribution is 5.83. The van der Waals surface area contributed by atoms with E-state index in [2.05, 4.69) is 0 Å². The Morgan fingerprint density at radius 1 is 1.31 bits per heavy atom. The van der Waals surface area contributed by atoms with Gasteiger partial charge in [0.15, 0.2) is 0 Å². The zero-order valence-electron chi connectivity index (χ0n) is 8.71. The maximum absolute atomic E-state index is 11.0. The van der Waals surface area contributed by atoms with E-state index in [0.717, 1.165) is 0 Å². The molecule has 1 rings (SSSR count). The molecular weight excluding hydrogens is 212 g/mol. The van der Waals surface area contributed by atoms with Crippen molar-refractivity contribution in [2.75, 3.05) is 7.11 Å². The van der Waals surface area contributed by atoms with E-state index in [1.165, 1.54) is 7.11 Å². The van der Waals surface area contributed by atoms with E-state index in [-0.39, 0.29) is 0 Å². The molecule has 0 radical (unpaired) electrons. The third-order valence-corrected chi connectivity index (χ3v) is 2.19. The molecule has 0 amide bonds. The Morgan fingerprint density at radius 3 is 2.44 bits per heavy atom. The molecule has 0 unspecified atom stereocenters. The van der Waals surface area contributed by atoms with Gasteiger partial charge in [0.05, 0.1) is 19.4 Å². The molecule has 86 valence electrons. The molecule has 0 bridgehead atoms. The highest BCUT2D eigenvalue weighted by Gasteiger charge is 2.25. The second-order valence-electron chi connectivity index (χ2n) is 3.23. The third-order valence-electron chi connectivity index (χ3n) is 2.19. The van der Waals surface area contributed by atoms with Gasteiger partial charge in [0.2, 0.25) is 0 Å². The van der Waals surface area contributed by atoms with Gasteiger partial charge in [-0.15, -0.1) is 0 Å². The number of ether oxygens (including phenoxy) is 1. The SMILES string of the molecule is COc1ccccc1[C@H](CC(=O)O)C(=O)O. The van der Waals surface area contributed by atoms with E-state index in [9.17, 15) is 9.59 Å². The first-order chi connectivity index (χ1) is 7.56. The number of hydrogen-bond acceptors (Lipinski definition) is 3. The Morgan fingerprint density at radius 2 is 1.94 bits per heavy atom. The van der Waals surface area contributed by atoms with Crippen LogP contribution < -0.4 is 4.74 Å². The number of carbonyl (C=O) groups is 2. The summed E-state index contributed by atoms with van der Waals surface area (Å²) in [4.78, 5) is 21.6. The van der Waals surface area contributed by atoms with Crippen molar-refractivity contribution in [2.24, 2.45) is 0 Å². The van der Waals surface area contributed by atoms with Gasteiger partial charge in [-0.2, -0.15) is 0 Å². The average Bonchev–Trinajstić information content (AvgIpc) is 2.25. The highest BCUT2D eigenvalue weighted by Crippen LogP contribution is 2.28. The van der Waals surface area contributed by atoms with Gasteiger partial charge in [0.1, 0.15) is 5.75 Å². The number of carboxylic acid groups (broad SMARTS) is 2. The lowest BCUT2D eigenvalue weighted by atomic mass is 9.95. The zero-order valence-corrected chi connectivity index (χ0v) is 8.71. The summed E-state index contributed by atoms with van der Waals surface area (Å²) in [5.41, 5.74) is 0.375. The smallest absolute Gasteiger partial charge is 0.311 e. The molecule has 0 aliphatic heterocycles. The van der Waals surface area contributed by atoms with Crippen LogP contribution in [0.2, 0.25) is 0 Å². The van der Waals surface area contributed by atoms with Crippen LogP contribution in [0.15, 0.2) is 24.3 Å². The first-order valence-electron chi connectivity index (χ1n) is 4.63. The Labute approximate surface area is 92.3 Å². The summed E-state index contributed by atoms with van der Waals surface area (Å²) in [5, 5.41) is 17.6. The Kier molecular flexibility index (Phi) is 3.88. The number of para-hydroxylation sites is 1. The molecule has 0 aliphatic carbocycles. The predicted octanol–water partition coefficient (Wildman–Crippen LogP) is 1.34.